The number of pyridine rings is 1. The molecule has 31 heavy (non-hydrogen) atoms. The molecular weight excluding hydrogens is 392 g/mol. The van der Waals surface area contributed by atoms with Crippen molar-refractivity contribution in [3.63, 3.8) is 0 Å². The maximum Gasteiger partial charge on any atom is 0.295 e. The molecule has 3 aromatic rings. The molecule has 1 fully saturated rings. The van der Waals surface area contributed by atoms with Gasteiger partial charge in [0, 0.05) is 30.9 Å². The van der Waals surface area contributed by atoms with Crippen molar-refractivity contribution in [2.24, 2.45) is 0 Å². The highest BCUT2D eigenvalue weighted by atomic mass is 16.5. The lowest BCUT2D eigenvalue weighted by atomic mass is 9.94. The van der Waals surface area contributed by atoms with Gasteiger partial charge in [-0.3, -0.25) is 14.6 Å². The molecule has 2 aliphatic rings. The monoisotopic (exact) mass is 412 g/mol. The van der Waals surface area contributed by atoms with Gasteiger partial charge in [0.25, 0.3) is 11.7 Å². The Morgan fingerprint density at radius 3 is 2.71 bits per heavy atom. The van der Waals surface area contributed by atoms with E-state index in [0.29, 0.717) is 12.2 Å². The Kier molecular flexibility index (Phi) is 4.75. The molecule has 3 heterocycles. The molecule has 2 aromatic carbocycles. The van der Waals surface area contributed by atoms with Crippen LogP contribution in [0.15, 0.2) is 78.6 Å². The van der Waals surface area contributed by atoms with E-state index in [1.165, 1.54) is 4.90 Å². The van der Waals surface area contributed by atoms with Gasteiger partial charge in [-0.1, -0.05) is 36.4 Å². The van der Waals surface area contributed by atoms with Gasteiger partial charge in [0.2, 0.25) is 0 Å². The average molecular weight is 412 g/mol. The number of rotatable bonds is 4. The number of Topliss-reactive ketones (excluding diaryl/α,β-unsaturated/α-hetero) is 1. The quantitative estimate of drug-likeness (QED) is 0.402. The number of carbonyl (C=O) groups excluding carboxylic acids is 2. The minimum atomic E-state index is -0.689. The zero-order valence-corrected chi connectivity index (χ0v) is 16.7. The fraction of sp³-hybridized carbons (Fsp3) is 0.160. The second kappa shape index (κ2) is 7.72. The molecule has 1 unspecified atom stereocenters. The summed E-state index contributed by atoms with van der Waals surface area (Å²) in [4.78, 5) is 31.7. The van der Waals surface area contributed by atoms with Crippen LogP contribution in [0, 0.1) is 0 Å². The molecule has 6 heteroatoms. The number of hydrogen-bond donors (Lipinski definition) is 1. The first-order chi connectivity index (χ1) is 15.1. The van der Waals surface area contributed by atoms with Gasteiger partial charge in [0.15, 0.2) is 0 Å². The van der Waals surface area contributed by atoms with Crippen molar-refractivity contribution in [3.8, 4) is 5.75 Å². The van der Waals surface area contributed by atoms with E-state index < -0.39 is 17.7 Å². The Labute approximate surface area is 179 Å². The number of fused-ring (bicyclic) bond motifs is 1. The van der Waals surface area contributed by atoms with E-state index >= 15 is 0 Å². The summed E-state index contributed by atoms with van der Waals surface area (Å²) in [6, 6.07) is 17.6. The summed E-state index contributed by atoms with van der Waals surface area (Å²) in [6.07, 6.45) is 4.07. The SMILES string of the molecule is O=C1C(=O)N(Cc2cccnc2)C(c2ccccc2)/C1=C(/O)c1ccc2c(c1)CCO2. The molecule has 1 aromatic heterocycles. The van der Waals surface area contributed by atoms with Gasteiger partial charge in [-0.15, -0.1) is 0 Å². The van der Waals surface area contributed by atoms with Crippen molar-refractivity contribution < 1.29 is 19.4 Å². The topological polar surface area (TPSA) is 79.7 Å². The Hall–Kier alpha value is -3.93. The predicted molar refractivity (Wildman–Crippen MR) is 114 cm³/mol. The van der Waals surface area contributed by atoms with E-state index in [0.717, 1.165) is 28.9 Å². The summed E-state index contributed by atoms with van der Waals surface area (Å²) >= 11 is 0. The molecule has 2 aliphatic heterocycles. The molecule has 1 saturated heterocycles. The van der Waals surface area contributed by atoms with Gasteiger partial charge >= 0.3 is 0 Å². The van der Waals surface area contributed by atoms with Crippen molar-refractivity contribution in [3.05, 3.63) is 101 Å². The van der Waals surface area contributed by atoms with Gasteiger partial charge in [-0.2, -0.15) is 0 Å². The van der Waals surface area contributed by atoms with Crippen molar-refractivity contribution in [1.29, 1.82) is 0 Å². The number of aliphatic hydroxyl groups is 1. The molecular formula is C25H20N2O4. The number of amides is 1. The lowest BCUT2D eigenvalue weighted by Gasteiger charge is -2.25. The van der Waals surface area contributed by atoms with Crippen LogP contribution < -0.4 is 4.74 Å². The van der Waals surface area contributed by atoms with Gasteiger partial charge in [0.05, 0.1) is 18.2 Å². The molecule has 154 valence electrons. The van der Waals surface area contributed by atoms with Gasteiger partial charge in [-0.05, 0) is 41.0 Å². The fourth-order valence-electron chi connectivity index (χ4n) is 4.20. The molecule has 0 bridgehead atoms. The van der Waals surface area contributed by atoms with Crippen LogP contribution >= 0.6 is 0 Å². The van der Waals surface area contributed by atoms with Crippen LogP contribution in [0.2, 0.25) is 0 Å². The molecule has 0 aliphatic carbocycles. The van der Waals surface area contributed by atoms with E-state index in [4.69, 9.17) is 4.74 Å². The van der Waals surface area contributed by atoms with E-state index in [-0.39, 0.29) is 17.9 Å². The summed E-state index contributed by atoms with van der Waals surface area (Å²) in [5.74, 6) is -0.709. The number of ketones is 1. The molecule has 1 N–H and O–H groups in total. The number of nitrogens with zero attached hydrogens (tertiary/aromatic N) is 2. The summed E-state index contributed by atoms with van der Waals surface area (Å²) in [6.45, 7) is 0.811. The minimum Gasteiger partial charge on any atom is -0.507 e. The Morgan fingerprint density at radius 1 is 1.10 bits per heavy atom. The van der Waals surface area contributed by atoms with Crippen LogP contribution in [0.1, 0.15) is 28.3 Å². The maximum absolute atomic E-state index is 13.1. The second-order valence-electron chi connectivity index (χ2n) is 7.62. The first kappa shape index (κ1) is 19.1. The van der Waals surface area contributed by atoms with E-state index in [9.17, 15) is 14.7 Å². The molecule has 6 nitrogen and oxygen atoms in total. The largest absolute Gasteiger partial charge is 0.507 e. The van der Waals surface area contributed by atoms with E-state index in [1.54, 1.807) is 30.6 Å². The minimum absolute atomic E-state index is 0.0963. The van der Waals surface area contributed by atoms with Crippen molar-refractivity contribution in [2.75, 3.05) is 6.61 Å². The summed E-state index contributed by atoms with van der Waals surface area (Å²) in [7, 11) is 0. The van der Waals surface area contributed by atoms with Crippen LogP contribution in [0.3, 0.4) is 0 Å². The lowest BCUT2D eigenvalue weighted by molar-refractivity contribution is -0.140. The van der Waals surface area contributed by atoms with Crippen LogP contribution in [0.25, 0.3) is 5.76 Å². The smallest absolute Gasteiger partial charge is 0.295 e. The lowest BCUT2D eigenvalue weighted by Crippen LogP contribution is -2.29. The number of benzene rings is 2. The van der Waals surface area contributed by atoms with Crippen molar-refractivity contribution in [2.45, 2.75) is 19.0 Å². The molecule has 0 saturated carbocycles. The molecule has 1 amide bonds. The first-order valence-electron chi connectivity index (χ1n) is 10.1. The molecule has 0 radical (unpaired) electrons. The second-order valence-corrected chi connectivity index (χ2v) is 7.62. The number of hydrogen-bond acceptors (Lipinski definition) is 5. The molecule has 5 rings (SSSR count). The third-order valence-corrected chi connectivity index (χ3v) is 5.69. The van der Waals surface area contributed by atoms with Crippen LogP contribution in [-0.4, -0.2) is 33.3 Å². The highest BCUT2D eigenvalue weighted by molar-refractivity contribution is 6.46. The zero-order chi connectivity index (χ0) is 21.4. The predicted octanol–water partition coefficient (Wildman–Crippen LogP) is 3.64. The Bertz CT molecular complexity index is 1190. The number of carbonyl (C=O) groups is 2. The number of aromatic nitrogens is 1. The third-order valence-electron chi connectivity index (χ3n) is 5.69. The third kappa shape index (κ3) is 3.36. The van der Waals surface area contributed by atoms with Crippen LogP contribution in [-0.2, 0) is 22.6 Å². The molecule has 1 atom stereocenters. The van der Waals surface area contributed by atoms with Gasteiger partial charge < -0.3 is 14.7 Å². The van der Waals surface area contributed by atoms with Crippen LogP contribution in [0.4, 0.5) is 0 Å². The van der Waals surface area contributed by atoms with Gasteiger partial charge in [-0.25, -0.2) is 0 Å². The zero-order valence-electron chi connectivity index (χ0n) is 16.7. The van der Waals surface area contributed by atoms with Crippen LogP contribution in [0.5, 0.6) is 5.75 Å². The summed E-state index contributed by atoms with van der Waals surface area (Å²) in [5.41, 5.74) is 3.14. The normalized spacial score (nSPS) is 19.4. The summed E-state index contributed by atoms with van der Waals surface area (Å²) < 4.78 is 5.54. The fourth-order valence-corrected chi connectivity index (χ4v) is 4.20. The van der Waals surface area contributed by atoms with E-state index in [2.05, 4.69) is 4.98 Å². The first-order valence-corrected chi connectivity index (χ1v) is 10.1. The maximum atomic E-state index is 13.1. The van der Waals surface area contributed by atoms with E-state index in [1.807, 2.05) is 42.5 Å². The Balaban J connectivity index is 1.63. The Morgan fingerprint density at radius 2 is 1.94 bits per heavy atom. The standard InChI is InChI=1S/C25H20N2O4/c28-23(19-8-9-20-18(13-19)10-12-31-20)21-22(17-6-2-1-3-7-17)27(25(30)24(21)29)15-16-5-4-11-26-14-16/h1-9,11,13-14,22,28H,10,12,15H2/b23-21-. The van der Waals surface area contributed by atoms with Crippen molar-refractivity contribution in [1.82, 2.24) is 9.88 Å². The highest BCUT2D eigenvalue weighted by Crippen LogP contribution is 2.40. The van der Waals surface area contributed by atoms with Crippen molar-refractivity contribution >= 4 is 17.4 Å². The highest BCUT2D eigenvalue weighted by Gasteiger charge is 2.46. The number of likely N-dealkylation sites (tertiary alicyclic amines) is 1. The van der Waals surface area contributed by atoms with Gasteiger partial charge in [0.1, 0.15) is 11.5 Å². The molecule has 0 spiro atoms. The number of aliphatic hydroxyl groups excluding tert-OH is 1. The average Bonchev–Trinajstić information content (AvgIpc) is 3.38. The summed E-state index contributed by atoms with van der Waals surface area (Å²) in [5, 5.41) is 11.2. The number of ether oxygens (including phenoxy) is 1.